The zero-order chi connectivity index (χ0) is 15.2. The van der Waals surface area contributed by atoms with Crippen LogP contribution in [0.25, 0.3) is 5.65 Å². The molecule has 0 aliphatic rings. The summed E-state index contributed by atoms with van der Waals surface area (Å²) in [6.45, 7) is 8.09. The van der Waals surface area contributed by atoms with Gasteiger partial charge in [-0.05, 0) is 40.9 Å². The first kappa shape index (κ1) is 15.6. The van der Waals surface area contributed by atoms with E-state index in [0.717, 1.165) is 49.9 Å². The molecule has 2 aromatic heterocycles. The lowest BCUT2D eigenvalue weighted by Crippen LogP contribution is -2.28. The molecular formula is C15H26N6. The first-order valence-electron chi connectivity index (χ1n) is 7.63. The Morgan fingerprint density at radius 2 is 2.05 bits per heavy atom. The standard InChI is InChI=1S/C15H26N6/c1-5-16-13-12-21-11-8-17-14(21)15(18-13)20(6-2)10-7-9-19(3)4/h8,11-12,16H,5-7,9-10H2,1-4H3. The first-order chi connectivity index (χ1) is 10.2. The maximum atomic E-state index is 4.75. The van der Waals surface area contributed by atoms with Crippen LogP contribution in [0.2, 0.25) is 0 Å². The quantitative estimate of drug-likeness (QED) is 0.805. The topological polar surface area (TPSA) is 48.7 Å². The summed E-state index contributed by atoms with van der Waals surface area (Å²) in [6, 6.07) is 0. The summed E-state index contributed by atoms with van der Waals surface area (Å²) in [5.74, 6) is 1.85. The molecule has 0 fully saturated rings. The highest BCUT2D eigenvalue weighted by Gasteiger charge is 2.13. The summed E-state index contributed by atoms with van der Waals surface area (Å²) < 4.78 is 2.04. The molecule has 2 rings (SSSR count). The SMILES string of the molecule is CCNc1cn2ccnc2c(N(CC)CCCN(C)C)n1. The number of hydrogen-bond donors (Lipinski definition) is 1. The zero-order valence-electron chi connectivity index (χ0n) is 13.5. The molecule has 21 heavy (non-hydrogen) atoms. The Bertz CT molecular complexity index is 562. The van der Waals surface area contributed by atoms with Gasteiger partial charge in [-0.15, -0.1) is 0 Å². The van der Waals surface area contributed by atoms with Gasteiger partial charge < -0.3 is 19.5 Å². The number of anilines is 2. The van der Waals surface area contributed by atoms with E-state index in [-0.39, 0.29) is 0 Å². The largest absolute Gasteiger partial charge is 0.369 e. The van der Waals surface area contributed by atoms with Crippen molar-refractivity contribution in [3.63, 3.8) is 0 Å². The summed E-state index contributed by atoms with van der Waals surface area (Å²) in [6.07, 6.45) is 6.89. The van der Waals surface area contributed by atoms with Crippen LogP contribution >= 0.6 is 0 Å². The lowest BCUT2D eigenvalue weighted by atomic mass is 10.3. The van der Waals surface area contributed by atoms with Crippen molar-refractivity contribution in [2.45, 2.75) is 20.3 Å². The minimum absolute atomic E-state index is 0.861. The predicted octanol–water partition coefficient (Wildman–Crippen LogP) is 1.94. The number of aromatic nitrogens is 3. The summed E-state index contributed by atoms with van der Waals surface area (Å²) >= 11 is 0. The molecule has 116 valence electrons. The Morgan fingerprint density at radius 1 is 1.24 bits per heavy atom. The van der Waals surface area contributed by atoms with E-state index in [9.17, 15) is 0 Å². The number of rotatable bonds is 8. The Hall–Kier alpha value is -1.82. The molecule has 2 heterocycles. The molecule has 6 nitrogen and oxygen atoms in total. The molecule has 0 saturated carbocycles. The number of imidazole rings is 1. The minimum atomic E-state index is 0.861. The van der Waals surface area contributed by atoms with E-state index < -0.39 is 0 Å². The van der Waals surface area contributed by atoms with Crippen molar-refractivity contribution in [1.82, 2.24) is 19.3 Å². The van der Waals surface area contributed by atoms with Gasteiger partial charge in [0.15, 0.2) is 11.5 Å². The fourth-order valence-electron chi connectivity index (χ4n) is 2.39. The third kappa shape index (κ3) is 3.85. The van der Waals surface area contributed by atoms with Gasteiger partial charge in [0.2, 0.25) is 0 Å². The van der Waals surface area contributed by atoms with Crippen molar-refractivity contribution in [1.29, 1.82) is 0 Å². The van der Waals surface area contributed by atoms with E-state index in [0.29, 0.717) is 0 Å². The maximum Gasteiger partial charge on any atom is 0.180 e. The fraction of sp³-hybridized carbons (Fsp3) is 0.600. The van der Waals surface area contributed by atoms with Crippen molar-refractivity contribution >= 4 is 17.3 Å². The fourth-order valence-corrected chi connectivity index (χ4v) is 2.39. The number of fused-ring (bicyclic) bond motifs is 1. The van der Waals surface area contributed by atoms with Crippen LogP contribution in [-0.2, 0) is 0 Å². The van der Waals surface area contributed by atoms with Gasteiger partial charge in [0.25, 0.3) is 0 Å². The van der Waals surface area contributed by atoms with Gasteiger partial charge in [0.05, 0.1) is 6.20 Å². The second-order valence-corrected chi connectivity index (χ2v) is 5.37. The highest BCUT2D eigenvalue weighted by atomic mass is 15.2. The summed E-state index contributed by atoms with van der Waals surface area (Å²) in [7, 11) is 4.21. The average Bonchev–Trinajstić information content (AvgIpc) is 2.91. The van der Waals surface area contributed by atoms with Crippen molar-refractivity contribution in [2.24, 2.45) is 0 Å². The molecule has 1 N–H and O–H groups in total. The van der Waals surface area contributed by atoms with Gasteiger partial charge in [-0.3, -0.25) is 0 Å². The van der Waals surface area contributed by atoms with E-state index in [1.54, 1.807) is 0 Å². The van der Waals surface area contributed by atoms with Gasteiger partial charge in [0.1, 0.15) is 5.82 Å². The van der Waals surface area contributed by atoms with Crippen LogP contribution in [0.5, 0.6) is 0 Å². The van der Waals surface area contributed by atoms with Crippen LogP contribution in [-0.4, -0.2) is 59.5 Å². The summed E-state index contributed by atoms with van der Waals surface area (Å²) in [5, 5.41) is 3.29. The molecule has 0 aliphatic carbocycles. The van der Waals surface area contributed by atoms with Crippen LogP contribution < -0.4 is 10.2 Å². The molecule has 0 aromatic carbocycles. The summed E-state index contributed by atoms with van der Waals surface area (Å²) in [5.41, 5.74) is 0.920. The Labute approximate surface area is 126 Å². The highest BCUT2D eigenvalue weighted by Crippen LogP contribution is 2.20. The van der Waals surface area contributed by atoms with Crippen LogP contribution in [0, 0.1) is 0 Å². The number of nitrogens with one attached hydrogen (secondary N) is 1. The van der Waals surface area contributed by atoms with Crippen LogP contribution in [0.3, 0.4) is 0 Å². The predicted molar refractivity (Wildman–Crippen MR) is 88.2 cm³/mol. The average molecular weight is 290 g/mol. The van der Waals surface area contributed by atoms with E-state index in [2.05, 4.69) is 48.0 Å². The summed E-state index contributed by atoms with van der Waals surface area (Å²) in [4.78, 5) is 13.7. The van der Waals surface area contributed by atoms with Gasteiger partial charge >= 0.3 is 0 Å². The molecule has 0 amide bonds. The molecule has 2 aromatic rings. The Balaban J connectivity index is 2.25. The monoisotopic (exact) mass is 290 g/mol. The number of nitrogens with zero attached hydrogens (tertiary/aromatic N) is 5. The molecule has 0 atom stereocenters. The Morgan fingerprint density at radius 3 is 2.71 bits per heavy atom. The molecule has 0 saturated heterocycles. The van der Waals surface area contributed by atoms with E-state index in [1.807, 2.05) is 23.0 Å². The van der Waals surface area contributed by atoms with E-state index >= 15 is 0 Å². The van der Waals surface area contributed by atoms with Crippen LogP contribution in [0.4, 0.5) is 11.6 Å². The molecule has 0 radical (unpaired) electrons. The molecule has 0 spiro atoms. The second kappa shape index (κ2) is 7.26. The molecule has 0 bridgehead atoms. The zero-order valence-corrected chi connectivity index (χ0v) is 13.5. The first-order valence-corrected chi connectivity index (χ1v) is 7.63. The van der Waals surface area contributed by atoms with E-state index in [4.69, 9.17) is 4.98 Å². The van der Waals surface area contributed by atoms with E-state index in [1.165, 1.54) is 0 Å². The lowest BCUT2D eigenvalue weighted by Gasteiger charge is -2.23. The van der Waals surface area contributed by atoms with Gasteiger partial charge in [-0.25, -0.2) is 9.97 Å². The third-order valence-electron chi connectivity index (χ3n) is 3.43. The normalized spacial score (nSPS) is 11.3. The molecule has 0 unspecified atom stereocenters. The minimum Gasteiger partial charge on any atom is -0.369 e. The van der Waals surface area contributed by atoms with Crippen molar-refractivity contribution < 1.29 is 0 Å². The smallest absolute Gasteiger partial charge is 0.180 e. The van der Waals surface area contributed by atoms with Crippen molar-refractivity contribution in [2.75, 3.05) is 50.5 Å². The Kier molecular flexibility index (Phi) is 5.38. The van der Waals surface area contributed by atoms with Crippen LogP contribution in [0.1, 0.15) is 20.3 Å². The van der Waals surface area contributed by atoms with Crippen molar-refractivity contribution in [3.8, 4) is 0 Å². The lowest BCUT2D eigenvalue weighted by molar-refractivity contribution is 0.400. The molecular weight excluding hydrogens is 264 g/mol. The van der Waals surface area contributed by atoms with Gasteiger partial charge in [-0.1, -0.05) is 0 Å². The maximum absolute atomic E-state index is 4.75. The van der Waals surface area contributed by atoms with Gasteiger partial charge in [0, 0.05) is 32.0 Å². The molecule has 0 aliphatic heterocycles. The molecule has 6 heteroatoms. The second-order valence-electron chi connectivity index (χ2n) is 5.37. The highest BCUT2D eigenvalue weighted by molar-refractivity contribution is 5.66. The third-order valence-corrected chi connectivity index (χ3v) is 3.43. The van der Waals surface area contributed by atoms with Gasteiger partial charge in [-0.2, -0.15) is 0 Å². The van der Waals surface area contributed by atoms with Crippen LogP contribution in [0.15, 0.2) is 18.6 Å². The number of hydrogen-bond acceptors (Lipinski definition) is 5. The van der Waals surface area contributed by atoms with Crippen molar-refractivity contribution in [3.05, 3.63) is 18.6 Å².